The van der Waals surface area contributed by atoms with Crippen molar-refractivity contribution in [2.24, 2.45) is 0 Å². The minimum Gasteiger partial charge on any atom is -0.375 e. The molecule has 0 aliphatic heterocycles. The molecule has 0 amide bonds. The average molecular weight is 206 g/mol. The SMILES string of the molecule is CCC=C(C)N(CCC)CCC.Cl. The molecule has 0 heterocycles. The molecular formula is C11H24ClN. The van der Waals surface area contributed by atoms with E-state index in [0.29, 0.717) is 0 Å². The van der Waals surface area contributed by atoms with Crippen LogP contribution in [-0.2, 0) is 0 Å². The van der Waals surface area contributed by atoms with Gasteiger partial charge in [0.1, 0.15) is 0 Å². The topological polar surface area (TPSA) is 3.24 Å². The molecule has 80 valence electrons. The van der Waals surface area contributed by atoms with Crippen LogP contribution in [0.25, 0.3) is 0 Å². The molecule has 0 saturated carbocycles. The molecule has 0 saturated heterocycles. The second-order valence-electron chi connectivity index (χ2n) is 3.24. The van der Waals surface area contributed by atoms with Gasteiger partial charge in [-0.2, -0.15) is 0 Å². The van der Waals surface area contributed by atoms with Crippen molar-refractivity contribution in [3.8, 4) is 0 Å². The number of rotatable bonds is 6. The number of hydrogen-bond acceptors (Lipinski definition) is 1. The zero-order valence-corrected chi connectivity index (χ0v) is 10.3. The lowest BCUT2D eigenvalue weighted by molar-refractivity contribution is 0.344. The summed E-state index contributed by atoms with van der Waals surface area (Å²) in [5.41, 5.74) is 1.45. The molecular weight excluding hydrogens is 182 g/mol. The van der Waals surface area contributed by atoms with Crippen LogP contribution in [0.3, 0.4) is 0 Å². The lowest BCUT2D eigenvalue weighted by atomic mass is 10.3. The van der Waals surface area contributed by atoms with Crippen LogP contribution in [0.1, 0.15) is 47.0 Å². The molecule has 0 aliphatic rings. The average Bonchev–Trinajstić information content (AvgIpc) is 2.04. The maximum absolute atomic E-state index is 2.48. The summed E-state index contributed by atoms with van der Waals surface area (Å²) in [6.07, 6.45) is 5.95. The largest absolute Gasteiger partial charge is 0.375 e. The van der Waals surface area contributed by atoms with Crippen molar-refractivity contribution in [1.82, 2.24) is 4.90 Å². The monoisotopic (exact) mass is 205 g/mol. The van der Waals surface area contributed by atoms with Gasteiger partial charge in [0, 0.05) is 18.8 Å². The first-order valence-electron chi connectivity index (χ1n) is 5.17. The quantitative estimate of drug-likeness (QED) is 0.637. The second kappa shape index (κ2) is 9.91. The van der Waals surface area contributed by atoms with E-state index in [1.165, 1.54) is 31.6 Å². The Labute approximate surface area is 89.6 Å². The van der Waals surface area contributed by atoms with Gasteiger partial charge in [-0.15, -0.1) is 12.4 Å². The smallest absolute Gasteiger partial charge is 0.0172 e. The van der Waals surface area contributed by atoms with Crippen molar-refractivity contribution >= 4 is 12.4 Å². The van der Waals surface area contributed by atoms with Crippen LogP contribution < -0.4 is 0 Å². The maximum atomic E-state index is 2.48. The summed E-state index contributed by atoms with van der Waals surface area (Å²) < 4.78 is 0. The molecule has 0 aromatic rings. The zero-order valence-electron chi connectivity index (χ0n) is 9.47. The van der Waals surface area contributed by atoms with Crippen molar-refractivity contribution in [1.29, 1.82) is 0 Å². The van der Waals surface area contributed by atoms with Crippen LogP contribution in [0.4, 0.5) is 0 Å². The Bertz CT molecular complexity index is 126. The third-order valence-corrected chi connectivity index (χ3v) is 1.99. The highest BCUT2D eigenvalue weighted by Gasteiger charge is 2.00. The molecule has 0 aromatic carbocycles. The molecule has 2 heteroatoms. The molecule has 0 rings (SSSR count). The first-order chi connectivity index (χ1) is 5.76. The van der Waals surface area contributed by atoms with E-state index in [-0.39, 0.29) is 12.4 Å². The lowest BCUT2D eigenvalue weighted by Gasteiger charge is -2.24. The van der Waals surface area contributed by atoms with Gasteiger partial charge in [-0.3, -0.25) is 0 Å². The van der Waals surface area contributed by atoms with Gasteiger partial charge in [0.05, 0.1) is 0 Å². The number of allylic oxidation sites excluding steroid dienone is 2. The number of nitrogens with zero attached hydrogens (tertiary/aromatic N) is 1. The van der Waals surface area contributed by atoms with Gasteiger partial charge in [-0.1, -0.05) is 26.8 Å². The fourth-order valence-electron chi connectivity index (χ4n) is 1.43. The van der Waals surface area contributed by atoms with E-state index in [1.807, 2.05) is 0 Å². The summed E-state index contributed by atoms with van der Waals surface area (Å²) >= 11 is 0. The first-order valence-corrected chi connectivity index (χ1v) is 5.17. The molecule has 13 heavy (non-hydrogen) atoms. The summed E-state index contributed by atoms with van der Waals surface area (Å²) in [4.78, 5) is 2.48. The lowest BCUT2D eigenvalue weighted by Crippen LogP contribution is -2.23. The second-order valence-corrected chi connectivity index (χ2v) is 3.24. The fourth-order valence-corrected chi connectivity index (χ4v) is 1.43. The number of halogens is 1. The summed E-state index contributed by atoms with van der Waals surface area (Å²) in [6.45, 7) is 11.3. The zero-order chi connectivity index (χ0) is 9.40. The van der Waals surface area contributed by atoms with Gasteiger partial charge < -0.3 is 4.90 Å². The Morgan fingerprint density at radius 2 is 1.54 bits per heavy atom. The molecule has 1 nitrogen and oxygen atoms in total. The van der Waals surface area contributed by atoms with E-state index in [0.717, 1.165) is 6.42 Å². The molecule has 0 aromatic heterocycles. The van der Waals surface area contributed by atoms with Gasteiger partial charge >= 0.3 is 0 Å². The van der Waals surface area contributed by atoms with Crippen LogP contribution in [0, 0.1) is 0 Å². The minimum atomic E-state index is 0. The van der Waals surface area contributed by atoms with Crippen LogP contribution in [0.2, 0.25) is 0 Å². The van der Waals surface area contributed by atoms with Gasteiger partial charge in [0.2, 0.25) is 0 Å². The molecule has 0 atom stereocenters. The Morgan fingerprint density at radius 3 is 1.85 bits per heavy atom. The van der Waals surface area contributed by atoms with E-state index in [2.05, 4.69) is 38.7 Å². The van der Waals surface area contributed by atoms with Gasteiger partial charge in [-0.05, 0) is 26.2 Å². The van der Waals surface area contributed by atoms with Crippen LogP contribution >= 0.6 is 12.4 Å². The van der Waals surface area contributed by atoms with Crippen LogP contribution in [0.5, 0.6) is 0 Å². The molecule has 0 bridgehead atoms. The maximum Gasteiger partial charge on any atom is 0.0172 e. The van der Waals surface area contributed by atoms with Crippen LogP contribution in [0.15, 0.2) is 11.8 Å². The van der Waals surface area contributed by atoms with Crippen molar-refractivity contribution in [2.45, 2.75) is 47.0 Å². The number of hydrogen-bond donors (Lipinski definition) is 0. The van der Waals surface area contributed by atoms with Gasteiger partial charge in [0.25, 0.3) is 0 Å². The van der Waals surface area contributed by atoms with Gasteiger partial charge in [-0.25, -0.2) is 0 Å². The molecule has 0 fully saturated rings. The minimum absolute atomic E-state index is 0. The third-order valence-electron chi connectivity index (χ3n) is 1.99. The Morgan fingerprint density at radius 1 is 1.08 bits per heavy atom. The van der Waals surface area contributed by atoms with Crippen molar-refractivity contribution in [2.75, 3.05) is 13.1 Å². The van der Waals surface area contributed by atoms with Crippen molar-refractivity contribution in [3.63, 3.8) is 0 Å². The first kappa shape index (κ1) is 15.3. The Balaban J connectivity index is 0. The molecule has 0 unspecified atom stereocenters. The van der Waals surface area contributed by atoms with Crippen molar-refractivity contribution < 1.29 is 0 Å². The predicted molar refractivity (Wildman–Crippen MR) is 63.5 cm³/mol. The van der Waals surface area contributed by atoms with E-state index in [1.54, 1.807) is 0 Å². The van der Waals surface area contributed by atoms with E-state index in [9.17, 15) is 0 Å². The molecule has 0 N–H and O–H groups in total. The highest BCUT2D eigenvalue weighted by molar-refractivity contribution is 5.85. The highest BCUT2D eigenvalue weighted by Crippen LogP contribution is 2.06. The van der Waals surface area contributed by atoms with E-state index < -0.39 is 0 Å². The normalized spacial score (nSPS) is 10.9. The fraction of sp³-hybridized carbons (Fsp3) is 0.818. The van der Waals surface area contributed by atoms with Crippen LogP contribution in [-0.4, -0.2) is 18.0 Å². The van der Waals surface area contributed by atoms with Gasteiger partial charge in [0.15, 0.2) is 0 Å². The summed E-state index contributed by atoms with van der Waals surface area (Å²) in [5.74, 6) is 0. The molecule has 0 spiro atoms. The third kappa shape index (κ3) is 6.94. The highest BCUT2D eigenvalue weighted by atomic mass is 35.5. The summed E-state index contributed by atoms with van der Waals surface area (Å²) in [5, 5.41) is 0. The van der Waals surface area contributed by atoms with E-state index >= 15 is 0 Å². The molecule has 0 aliphatic carbocycles. The summed E-state index contributed by atoms with van der Waals surface area (Å²) in [6, 6.07) is 0. The summed E-state index contributed by atoms with van der Waals surface area (Å²) in [7, 11) is 0. The van der Waals surface area contributed by atoms with Crippen molar-refractivity contribution in [3.05, 3.63) is 11.8 Å². The Hall–Kier alpha value is -0.170. The standard InChI is InChI=1S/C11H23N.ClH/c1-5-8-11(4)12(9-6-2)10-7-3;/h8H,5-7,9-10H2,1-4H3;1H. The predicted octanol–water partition coefficient (Wildman–Crippen LogP) is 3.84. The Kier molecular flexibility index (Phi) is 11.7. The van der Waals surface area contributed by atoms with E-state index in [4.69, 9.17) is 0 Å². The molecule has 0 radical (unpaired) electrons.